The van der Waals surface area contributed by atoms with Gasteiger partial charge in [-0.3, -0.25) is 9.55 Å². The lowest BCUT2D eigenvalue weighted by atomic mass is 10.3. The predicted molar refractivity (Wildman–Crippen MR) is 75.6 cm³/mol. The molecule has 6 nitrogen and oxygen atoms in total. The number of hydrogen-bond donors (Lipinski definition) is 0. The molecule has 0 spiro atoms. The molecule has 0 radical (unpaired) electrons. The maximum atomic E-state index is 11.9. The Morgan fingerprint density at radius 3 is 2.95 bits per heavy atom. The Hall–Kier alpha value is -2.28. The van der Waals surface area contributed by atoms with Crippen molar-refractivity contribution < 1.29 is 4.42 Å². The summed E-state index contributed by atoms with van der Waals surface area (Å²) >= 11 is 3.32. The number of halogens is 1. The van der Waals surface area contributed by atoms with E-state index in [1.807, 2.05) is 6.07 Å². The standard InChI is InChI=1S/C13H8BrN3O3/c14-9-4-8(5-15-6-9)7-17-11-10(2-1-3-16-11)12(18)20-13(17)19/h1-6H,7H2. The number of nitrogens with zero attached hydrogens (tertiary/aromatic N) is 3. The van der Waals surface area contributed by atoms with Crippen LogP contribution in [-0.2, 0) is 6.54 Å². The van der Waals surface area contributed by atoms with E-state index in [1.54, 1.807) is 24.5 Å². The van der Waals surface area contributed by atoms with Crippen molar-refractivity contribution >= 4 is 27.0 Å². The quantitative estimate of drug-likeness (QED) is 0.711. The summed E-state index contributed by atoms with van der Waals surface area (Å²) < 4.78 is 6.81. The number of pyridine rings is 2. The average Bonchev–Trinajstić information content (AvgIpc) is 2.43. The zero-order chi connectivity index (χ0) is 14.1. The second-order valence-corrected chi connectivity index (χ2v) is 5.04. The van der Waals surface area contributed by atoms with Crippen LogP contribution in [0.25, 0.3) is 11.0 Å². The molecule has 0 amide bonds. The monoisotopic (exact) mass is 333 g/mol. The first-order valence-electron chi connectivity index (χ1n) is 5.73. The van der Waals surface area contributed by atoms with Crippen molar-refractivity contribution in [1.82, 2.24) is 14.5 Å². The van der Waals surface area contributed by atoms with Crippen molar-refractivity contribution in [3.05, 3.63) is 67.8 Å². The molecule has 3 aromatic rings. The van der Waals surface area contributed by atoms with E-state index < -0.39 is 11.4 Å². The van der Waals surface area contributed by atoms with E-state index >= 15 is 0 Å². The van der Waals surface area contributed by atoms with Crippen LogP contribution in [-0.4, -0.2) is 14.5 Å². The van der Waals surface area contributed by atoms with Crippen LogP contribution >= 0.6 is 15.9 Å². The lowest BCUT2D eigenvalue weighted by Gasteiger charge is -2.07. The van der Waals surface area contributed by atoms with Crippen molar-refractivity contribution in [2.24, 2.45) is 0 Å². The number of aromatic nitrogens is 3. The van der Waals surface area contributed by atoms with Gasteiger partial charge in [0.25, 0.3) is 0 Å². The minimum atomic E-state index is -0.735. The van der Waals surface area contributed by atoms with Gasteiger partial charge < -0.3 is 4.42 Å². The lowest BCUT2D eigenvalue weighted by molar-refractivity contribution is 0.423. The highest BCUT2D eigenvalue weighted by molar-refractivity contribution is 9.10. The lowest BCUT2D eigenvalue weighted by Crippen LogP contribution is -2.26. The minimum absolute atomic E-state index is 0.225. The molecule has 0 aliphatic rings. The highest BCUT2D eigenvalue weighted by Gasteiger charge is 2.10. The molecule has 3 aromatic heterocycles. The summed E-state index contributed by atoms with van der Waals surface area (Å²) in [5, 5.41) is 0.273. The SMILES string of the molecule is O=c1oc(=O)n(Cc2cncc(Br)c2)c2ncccc12. The van der Waals surface area contributed by atoms with Gasteiger partial charge in [0, 0.05) is 23.1 Å². The van der Waals surface area contributed by atoms with Gasteiger partial charge in [0.2, 0.25) is 0 Å². The zero-order valence-corrected chi connectivity index (χ0v) is 11.7. The fraction of sp³-hybridized carbons (Fsp3) is 0.0769. The van der Waals surface area contributed by atoms with E-state index in [1.165, 1.54) is 10.8 Å². The molecular weight excluding hydrogens is 326 g/mol. The van der Waals surface area contributed by atoms with Gasteiger partial charge in [0.15, 0.2) is 5.65 Å². The van der Waals surface area contributed by atoms with Gasteiger partial charge in [-0.25, -0.2) is 14.6 Å². The Kier molecular flexibility index (Phi) is 3.19. The first kappa shape index (κ1) is 12.7. The number of rotatable bonds is 2. The molecule has 0 fully saturated rings. The molecule has 20 heavy (non-hydrogen) atoms. The Morgan fingerprint density at radius 1 is 1.30 bits per heavy atom. The van der Waals surface area contributed by atoms with Crippen molar-refractivity contribution in [2.45, 2.75) is 6.54 Å². The normalized spacial score (nSPS) is 10.8. The summed E-state index contributed by atoms with van der Waals surface area (Å²) in [7, 11) is 0. The van der Waals surface area contributed by atoms with Crippen LogP contribution < -0.4 is 11.4 Å². The molecule has 0 aliphatic heterocycles. The van der Waals surface area contributed by atoms with Crippen LogP contribution in [0.15, 0.2) is 55.3 Å². The van der Waals surface area contributed by atoms with E-state index in [9.17, 15) is 9.59 Å². The van der Waals surface area contributed by atoms with Gasteiger partial charge in [-0.2, -0.15) is 0 Å². The third kappa shape index (κ3) is 2.27. The number of hydrogen-bond acceptors (Lipinski definition) is 5. The molecule has 3 rings (SSSR count). The first-order chi connectivity index (χ1) is 9.65. The molecule has 0 bridgehead atoms. The second-order valence-electron chi connectivity index (χ2n) is 4.13. The molecule has 100 valence electrons. The van der Waals surface area contributed by atoms with Crippen LogP contribution in [0, 0.1) is 0 Å². The summed E-state index contributed by atoms with van der Waals surface area (Å²) in [6.45, 7) is 0.225. The van der Waals surface area contributed by atoms with Gasteiger partial charge in [0.1, 0.15) is 5.39 Å². The fourth-order valence-electron chi connectivity index (χ4n) is 1.91. The molecule has 0 aliphatic carbocycles. The van der Waals surface area contributed by atoms with Crippen LogP contribution in [0.2, 0.25) is 0 Å². The molecule has 0 unspecified atom stereocenters. The van der Waals surface area contributed by atoms with E-state index in [4.69, 9.17) is 4.42 Å². The molecule has 0 saturated heterocycles. The first-order valence-corrected chi connectivity index (χ1v) is 6.52. The van der Waals surface area contributed by atoms with Gasteiger partial charge in [-0.1, -0.05) is 0 Å². The Balaban J connectivity index is 2.21. The topological polar surface area (TPSA) is 78.0 Å². The Labute approximate surface area is 120 Å². The number of fused-ring (bicyclic) bond motifs is 1. The van der Waals surface area contributed by atoms with Crippen molar-refractivity contribution in [1.29, 1.82) is 0 Å². The Morgan fingerprint density at radius 2 is 2.15 bits per heavy atom. The third-order valence-electron chi connectivity index (χ3n) is 2.76. The third-order valence-corrected chi connectivity index (χ3v) is 3.20. The highest BCUT2D eigenvalue weighted by Crippen LogP contribution is 2.12. The van der Waals surface area contributed by atoms with Gasteiger partial charge in [-0.05, 0) is 39.7 Å². The van der Waals surface area contributed by atoms with Crippen LogP contribution in [0.5, 0.6) is 0 Å². The summed E-state index contributed by atoms with van der Waals surface area (Å²) in [6, 6.07) is 5.03. The maximum absolute atomic E-state index is 11.9. The molecule has 7 heteroatoms. The van der Waals surface area contributed by atoms with E-state index in [0.717, 1.165) is 10.0 Å². The molecule has 0 aromatic carbocycles. The Bertz CT molecular complexity index is 901. The molecular formula is C13H8BrN3O3. The van der Waals surface area contributed by atoms with E-state index in [2.05, 4.69) is 25.9 Å². The fourth-order valence-corrected chi connectivity index (χ4v) is 2.32. The minimum Gasteiger partial charge on any atom is -0.372 e. The average molecular weight is 334 g/mol. The summed E-state index contributed by atoms with van der Waals surface area (Å²) in [5.74, 6) is -0.735. The summed E-state index contributed by atoms with van der Waals surface area (Å²) in [6.07, 6.45) is 4.81. The molecule has 0 N–H and O–H groups in total. The maximum Gasteiger partial charge on any atom is 0.423 e. The molecule has 0 atom stereocenters. The van der Waals surface area contributed by atoms with Crippen molar-refractivity contribution in [3.8, 4) is 0 Å². The predicted octanol–water partition coefficient (Wildman–Crippen LogP) is 1.56. The summed E-state index contributed by atoms with van der Waals surface area (Å²) in [5.41, 5.74) is 0.415. The van der Waals surface area contributed by atoms with E-state index in [0.29, 0.717) is 5.65 Å². The van der Waals surface area contributed by atoms with Gasteiger partial charge >= 0.3 is 11.4 Å². The largest absolute Gasteiger partial charge is 0.423 e. The molecule has 3 heterocycles. The van der Waals surface area contributed by atoms with Crippen molar-refractivity contribution in [2.75, 3.05) is 0 Å². The zero-order valence-electron chi connectivity index (χ0n) is 10.1. The summed E-state index contributed by atoms with van der Waals surface area (Å²) in [4.78, 5) is 31.6. The van der Waals surface area contributed by atoms with Crippen LogP contribution in [0.4, 0.5) is 0 Å². The second kappa shape index (κ2) is 5.01. The highest BCUT2D eigenvalue weighted by atomic mass is 79.9. The van der Waals surface area contributed by atoms with Crippen molar-refractivity contribution in [3.63, 3.8) is 0 Å². The van der Waals surface area contributed by atoms with Gasteiger partial charge in [-0.15, -0.1) is 0 Å². The van der Waals surface area contributed by atoms with Crippen LogP contribution in [0.3, 0.4) is 0 Å². The smallest absolute Gasteiger partial charge is 0.372 e. The molecule has 0 saturated carbocycles. The van der Waals surface area contributed by atoms with Crippen LogP contribution in [0.1, 0.15) is 5.56 Å². The van der Waals surface area contributed by atoms with E-state index in [-0.39, 0.29) is 11.9 Å². The van der Waals surface area contributed by atoms with Gasteiger partial charge in [0.05, 0.1) is 6.54 Å².